The summed E-state index contributed by atoms with van der Waals surface area (Å²) in [6.07, 6.45) is 2.18. The highest BCUT2D eigenvalue weighted by Gasteiger charge is 2.22. The van der Waals surface area contributed by atoms with Crippen molar-refractivity contribution < 1.29 is 0 Å². The third-order valence-corrected chi connectivity index (χ3v) is 5.36. The summed E-state index contributed by atoms with van der Waals surface area (Å²) < 4.78 is 1.39. The molecule has 1 fully saturated rings. The number of aromatic nitrogens is 4. The first-order valence-electron chi connectivity index (χ1n) is 7.71. The Morgan fingerprint density at radius 3 is 2.87 bits per heavy atom. The van der Waals surface area contributed by atoms with Gasteiger partial charge in [-0.3, -0.25) is 4.79 Å². The van der Waals surface area contributed by atoms with Crippen molar-refractivity contribution >= 4 is 16.3 Å². The molecule has 0 amide bonds. The molecule has 0 aliphatic carbocycles. The first kappa shape index (κ1) is 14.5. The second-order valence-electron chi connectivity index (χ2n) is 5.94. The fraction of sp³-hybridized carbons (Fsp3) is 0.375. The summed E-state index contributed by atoms with van der Waals surface area (Å²) in [4.78, 5) is 13.3. The second-order valence-corrected chi connectivity index (χ2v) is 6.92. The lowest BCUT2D eigenvalue weighted by Gasteiger charge is -2.03. The lowest BCUT2D eigenvalue weighted by Crippen LogP contribution is -2.20. The van der Waals surface area contributed by atoms with Gasteiger partial charge in [-0.2, -0.15) is 9.61 Å². The molecule has 1 aliphatic heterocycles. The summed E-state index contributed by atoms with van der Waals surface area (Å²) in [5.74, 6) is 0. The Hall–Kier alpha value is -2.12. The van der Waals surface area contributed by atoms with Crippen molar-refractivity contribution in [2.45, 2.75) is 32.7 Å². The summed E-state index contributed by atoms with van der Waals surface area (Å²) in [5.41, 5.74) is 3.24. The molecule has 2 aromatic heterocycles. The van der Waals surface area contributed by atoms with E-state index in [4.69, 9.17) is 0 Å². The van der Waals surface area contributed by atoms with Crippen molar-refractivity contribution in [3.63, 3.8) is 0 Å². The highest BCUT2D eigenvalue weighted by molar-refractivity contribution is 7.16. The molecule has 3 heterocycles. The molecule has 7 heteroatoms. The maximum atomic E-state index is 12.7. The van der Waals surface area contributed by atoms with Gasteiger partial charge < -0.3 is 5.32 Å². The largest absolute Gasteiger partial charge is 0.308 e. The van der Waals surface area contributed by atoms with Gasteiger partial charge >= 0.3 is 5.56 Å². The molecule has 0 bridgehead atoms. The summed E-state index contributed by atoms with van der Waals surface area (Å²) in [6.45, 7) is 5.06. The van der Waals surface area contributed by atoms with E-state index in [1.807, 2.05) is 32.0 Å². The average molecular weight is 327 g/mol. The molecule has 4 rings (SSSR count). The van der Waals surface area contributed by atoms with E-state index in [1.54, 1.807) is 0 Å². The van der Waals surface area contributed by atoms with Gasteiger partial charge in [0.25, 0.3) is 0 Å². The zero-order valence-electron chi connectivity index (χ0n) is 13.0. The number of rotatable bonds is 2. The Bertz CT molecular complexity index is 939. The Kier molecular flexibility index (Phi) is 3.46. The molecule has 23 heavy (non-hydrogen) atoms. The van der Waals surface area contributed by atoms with Crippen LogP contribution in [0.4, 0.5) is 0 Å². The normalized spacial score (nSPS) is 17.9. The standard InChI is InChI=1S/C16H17N5OS/c1-9-5-6-11(8-10(9)2)13-15(22)21-16(19-18-13)23-14(20-21)12-4-3-7-17-12/h5-6,8,12,17H,3-4,7H2,1-2H3. The average Bonchev–Trinajstić information content (AvgIpc) is 3.19. The molecule has 0 saturated carbocycles. The van der Waals surface area contributed by atoms with Crippen molar-refractivity contribution in [2.24, 2.45) is 0 Å². The van der Waals surface area contributed by atoms with E-state index in [2.05, 4.69) is 20.6 Å². The van der Waals surface area contributed by atoms with E-state index in [1.165, 1.54) is 21.4 Å². The molecule has 1 N–H and O–H groups in total. The van der Waals surface area contributed by atoms with Gasteiger partial charge in [-0.25, -0.2) is 0 Å². The quantitative estimate of drug-likeness (QED) is 0.781. The van der Waals surface area contributed by atoms with E-state index < -0.39 is 0 Å². The number of benzene rings is 1. The maximum Gasteiger partial charge on any atom is 0.302 e. The predicted molar refractivity (Wildman–Crippen MR) is 89.8 cm³/mol. The Morgan fingerprint density at radius 2 is 2.13 bits per heavy atom. The van der Waals surface area contributed by atoms with Gasteiger partial charge in [0.05, 0.1) is 6.04 Å². The van der Waals surface area contributed by atoms with Crippen LogP contribution in [0.5, 0.6) is 0 Å². The minimum Gasteiger partial charge on any atom is -0.308 e. The van der Waals surface area contributed by atoms with Gasteiger partial charge in [0.15, 0.2) is 5.69 Å². The number of nitrogens with one attached hydrogen (secondary N) is 1. The van der Waals surface area contributed by atoms with Gasteiger partial charge in [-0.05, 0) is 50.4 Å². The van der Waals surface area contributed by atoms with E-state index in [-0.39, 0.29) is 11.6 Å². The van der Waals surface area contributed by atoms with Crippen molar-refractivity contribution in [2.75, 3.05) is 6.54 Å². The predicted octanol–water partition coefficient (Wildman–Crippen LogP) is 2.25. The van der Waals surface area contributed by atoms with Gasteiger partial charge in [-0.1, -0.05) is 23.5 Å². The molecule has 1 unspecified atom stereocenters. The van der Waals surface area contributed by atoms with Crippen LogP contribution in [0.2, 0.25) is 0 Å². The monoisotopic (exact) mass is 327 g/mol. The van der Waals surface area contributed by atoms with E-state index in [0.29, 0.717) is 10.7 Å². The zero-order valence-corrected chi connectivity index (χ0v) is 13.9. The first-order valence-corrected chi connectivity index (χ1v) is 8.52. The highest BCUT2D eigenvalue weighted by Crippen LogP contribution is 2.26. The molecule has 0 radical (unpaired) electrons. The fourth-order valence-corrected chi connectivity index (χ4v) is 3.78. The fourth-order valence-electron chi connectivity index (χ4n) is 2.84. The van der Waals surface area contributed by atoms with Crippen molar-refractivity contribution in [1.29, 1.82) is 0 Å². The smallest absolute Gasteiger partial charge is 0.302 e. The van der Waals surface area contributed by atoms with Crippen LogP contribution in [-0.2, 0) is 0 Å². The first-order chi connectivity index (χ1) is 11.1. The maximum absolute atomic E-state index is 12.7. The van der Waals surface area contributed by atoms with Crippen LogP contribution in [0.3, 0.4) is 0 Å². The van der Waals surface area contributed by atoms with Gasteiger partial charge in [0.1, 0.15) is 5.01 Å². The SMILES string of the molecule is Cc1ccc(-c2nnc3sc(C4CCCN4)nn3c2=O)cc1C. The summed E-state index contributed by atoms with van der Waals surface area (Å²) in [5, 5.41) is 17.1. The third-order valence-electron chi connectivity index (χ3n) is 4.34. The Balaban J connectivity index is 1.83. The molecular formula is C16H17N5OS. The molecule has 1 aliphatic rings. The molecular weight excluding hydrogens is 310 g/mol. The van der Waals surface area contributed by atoms with Crippen molar-refractivity contribution in [3.8, 4) is 11.3 Å². The van der Waals surface area contributed by atoms with Crippen molar-refractivity contribution in [3.05, 3.63) is 44.7 Å². The number of fused-ring (bicyclic) bond motifs is 1. The lowest BCUT2D eigenvalue weighted by atomic mass is 10.0. The molecule has 118 valence electrons. The van der Waals surface area contributed by atoms with Crippen LogP contribution >= 0.6 is 11.3 Å². The topological polar surface area (TPSA) is 72.2 Å². The van der Waals surface area contributed by atoms with Gasteiger partial charge in [-0.15, -0.1) is 10.2 Å². The lowest BCUT2D eigenvalue weighted by molar-refractivity contribution is 0.627. The van der Waals surface area contributed by atoms with Crippen LogP contribution in [0.25, 0.3) is 16.2 Å². The molecule has 1 atom stereocenters. The van der Waals surface area contributed by atoms with Crippen molar-refractivity contribution in [1.82, 2.24) is 25.1 Å². The molecule has 6 nitrogen and oxygen atoms in total. The van der Waals surface area contributed by atoms with Crippen LogP contribution < -0.4 is 10.9 Å². The van der Waals surface area contributed by atoms with Crippen LogP contribution in [0, 0.1) is 13.8 Å². The summed E-state index contributed by atoms with van der Waals surface area (Å²) in [6, 6.07) is 6.10. The minimum atomic E-state index is -0.209. The number of hydrogen-bond acceptors (Lipinski definition) is 6. The zero-order chi connectivity index (χ0) is 16.0. The number of hydrogen-bond donors (Lipinski definition) is 1. The second kappa shape index (κ2) is 5.50. The van der Waals surface area contributed by atoms with Gasteiger partial charge in [0, 0.05) is 5.56 Å². The van der Waals surface area contributed by atoms with Gasteiger partial charge in [0.2, 0.25) is 4.96 Å². The summed E-state index contributed by atoms with van der Waals surface area (Å²) in [7, 11) is 0. The molecule has 1 saturated heterocycles. The molecule has 0 spiro atoms. The van der Waals surface area contributed by atoms with Crippen LogP contribution in [0.1, 0.15) is 35.0 Å². The van der Waals surface area contributed by atoms with E-state index in [0.717, 1.165) is 35.5 Å². The highest BCUT2D eigenvalue weighted by atomic mass is 32.1. The van der Waals surface area contributed by atoms with E-state index in [9.17, 15) is 4.79 Å². The van der Waals surface area contributed by atoms with Crippen LogP contribution in [0.15, 0.2) is 23.0 Å². The van der Waals surface area contributed by atoms with E-state index >= 15 is 0 Å². The Morgan fingerprint density at radius 1 is 1.26 bits per heavy atom. The minimum absolute atomic E-state index is 0.209. The number of nitrogens with zero attached hydrogens (tertiary/aromatic N) is 4. The third kappa shape index (κ3) is 2.46. The number of aryl methyl sites for hydroxylation is 2. The Labute approximate surface area is 137 Å². The molecule has 3 aromatic rings. The molecule has 1 aromatic carbocycles. The van der Waals surface area contributed by atoms with Crippen LogP contribution in [-0.4, -0.2) is 26.4 Å². The summed E-state index contributed by atoms with van der Waals surface area (Å²) >= 11 is 1.43.